The lowest BCUT2D eigenvalue weighted by Crippen LogP contribution is -2.44. The molecule has 1 aliphatic heterocycles. The molecule has 1 aliphatic rings. The molecule has 0 bridgehead atoms. The van der Waals surface area contributed by atoms with Crippen molar-refractivity contribution in [3.63, 3.8) is 0 Å². The van der Waals surface area contributed by atoms with Gasteiger partial charge in [0.05, 0.1) is 23.9 Å². The van der Waals surface area contributed by atoms with Gasteiger partial charge in [-0.25, -0.2) is 18.4 Å². The van der Waals surface area contributed by atoms with Crippen molar-refractivity contribution in [2.24, 2.45) is 0 Å². The van der Waals surface area contributed by atoms with Gasteiger partial charge in [0.2, 0.25) is 5.91 Å². The van der Waals surface area contributed by atoms with E-state index in [1.807, 2.05) is 20.8 Å². The highest BCUT2D eigenvalue weighted by atomic mass is 32.2. The monoisotopic (exact) mass is 387 g/mol. The first-order chi connectivity index (χ1) is 11.7. The summed E-state index contributed by atoms with van der Waals surface area (Å²) in [5.74, 6) is 0.249. The van der Waals surface area contributed by atoms with Crippen molar-refractivity contribution in [2.45, 2.75) is 38.4 Å². The van der Waals surface area contributed by atoms with Gasteiger partial charge in [-0.15, -0.1) is 0 Å². The number of methoxy groups -OCH3 is 1. The third-order valence-electron chi connectivity index (χ3n) is 4.44. The number of carbonyl (C=O) groups excluding carboxylic acids is 1. The first-order valence-electron chi connectivity index (χ1n) is 8.17. The largest absolute Gasteiger partial charge is 0.383 e. The highest BCUT2D eigenvalue weighted by molar-refractivity contribution is 7.99. The molecule has 25 heavy (non-hydrogen) atoms. The molecule has 9 heteroatoms. The summed E-state index contributed by atoms with van der Waals surface area (Å²) in [5, 5.41) is 0.569. The predicted molar refractivity (Wildman–Crippen MR) is 97.6 cm³/mol. The van der Waals surface area contributed by atoms with Crippen LogP contribution < -0.4 is 0 Å². The maximum absolute atomic E-state index is 12.7. The lowest BCUT2D eigenvalue weighted by Gasteiger charge is -2.28. The molecule has 2 heterocycles. The number of thioether (sulfide) groups is 1. The molecule has 1 amide bonds. The summed E-state index contributed by atoms with van der Waals surface area (Å²) in [4.78, 5) is 23.1. The van der Waals surface area contributed by atoms with Crippen molar-refractivity contribution in [3.8, 4) is 0 Å². The Balaban J connectivity index is 2.04. The summed E-state index contributed by atoms with van der Waals surface area (Å²) in [6.07, 6.45) is 0.488. The summed E-state index contributed by atoms with van der Waals surface area (Å²) in [7, 11) is -1.48. The third kappa shape index (κ3) is 5.39. The maximum Gasteiger partial charge on any atom is 0.233 e. The SMILES string of the molecule is COCCN(C(=O)CSc1nc(C)c(C)c(C)n1)[C@H]1CCS(=O)(=O)C1. The summed E-state index contributed by atoms with van der Waals surface area (Å²) in [6.45, 7) is 6.58. The van der Waals surface area contributed by atoms with E-state index in [4.69, 9.17) is 4.74 Å². The van der Waals surface area contributed by atoms with Crippen LogP contribution in [0.5, 0.6) is 0 Å². The zero-order valence-electron chi connectivity index (χ0n) is 15.1. The van der Waals surface area contributed by atoms with Gasteiger partial charge in [0.15, 0.2) is 15.0 Å². The molecule has 0 unspecified atom stereocenters. The Hall–Kier alpha value is -1.19. The van der Waals surface area contributed by atoms with Crippen molar-refractivity contribution in [3.05, 3.63) is 17.0 Å². The third-order valence-corrected chi connectivity index (χ3v) is 7.03. The van der Waals surface area contributed by atoms with Crippen LogP contribution in [0.1, 0.15) is 23.4 Å². The van der Waals surface area contributed by atoms with Crippen LogP contribution >= 0.6 is 11.8 Å². The van der Waals surface area contributed by atoms with E-state index in [2.05, 4.69) is 9.97 Å². The smallest absolute Gasteiger partial charge is 0.233 e. The van der Waals surface area contributed by atoms with Crippen LogP contribution in [0.2, 0.25) is 0 Å². The molecule has 1 aromatic rings. The average Bonchev–Trinajstić information content (AvgIpc) is 2.90. The number of amides is 1. The first kappa shape index (κ1) is 20.1. The van der Waals surface area contributed by atoms with Crippen LogP contribution in [0.3, 0.4) is 0 Å². The number of carbonyl (C=O) groups is 1. The van der Waals surface area contributed by atoms with Gasteiger partial charge in [0.25, 0.3) is 0 Å². The molecular formula is C16H25N3O4S2. The van der Waals surface area contributed by atoms with Gasteiger partial charge in [-0.2, -0.15) is 0 Å². The van der Waals surface area contributed by atoms with E-state index in [0.29, 0.717) is 24.7 Å². The van der Waals surface area contributed by atoms with Crippen molar-refractivity contribution >= 4 is 27.5 Å². The van der Waals surface area contributed by atoms with Crippen LogP contribution in [-0.4, -0.2) is 72.8 Å². The Labute approximate surface area is 153 Å². The molecule has 1 saturated heterocycles. The molecule has 7 nitrogen and oxygen atoms in total. The summed E-state index contributed by atoms with van der Waals surface area (Å²) >= 11 is 1.28. The van der Waals surface area contributed by atoms with Crippen molar-refractivity contribution in [2.75, 3.05) is 37.5 Å². The number of sulfone groups is 1. The number of aryl methyl sites for hydroxylation is 2. The molecule has 140 valence electrons. The van der Waals surface area contributed by atoms with Crippen LogP contribution in [0.4, 0.5) is 0 Å². The van der Waals surface area contributed by atoms with Crippen molar-refractivity contribution in [1.82, 2.24) is 14.9 Å². The second kappa shape index (κ2) is 8.46. The highest BCUT2D eigenvalue weighted by Gasteiger charge is 2.34. The second-order valence-corrected chi connectivity index (χ2v) is 9.40. The average molecular weight is 388 g/mol. The number of ether oxygens (including phenoxy) is 1. The first-order valence-corrected chi connectivity index (χ1v) is 11.0. The molecule has 1 atom stereocenters. The van der Waals surface area contributed by atoms with Crippen LogP contribution in [0.15, 0.2) is 5.16 Å². The molecule has 1 aromatic heterocycles. The van der Waals surface area contributed by atoms with Crippen molar-refractivity contribution < 1.29 is 17.9 Å². The van der Waals surface area contributed by atoms with E-state index in [9.17, 15) is 13.2 Å². The van der Waals surface area contributed by atoms with Crippen LogP contribution in [0, 0.1) is 20.8 Å². The Bertz CT molecular complexity index is 714. The Morgan fingerprint density at radius 3 is 2.44 bits per heavy atom. The van der Waals surface area contributed by atoms with Gasteiger partial charge in [-0.3, -0.25) is 4.79 Å². The lowest BCUT2D eigenvalue weighted by molar-refractivity contribution is -0.130. The summed E-state index contributed by atoms with van der Waals surface area (Å²) in [6, 6.07) is -0.268. The van der Waals surface area contributed by atoms with E-state index in [1.54, 1.807) is 12.0 Å². The number of hydrogen-bond acceptors (Lipinski definition) is 7. The molecule has 0 saturated carbocycles. The van der Waals surface area contributed by atoms with Gasteiger partial charge in [0, 0.05) is 31.1 Å². The van der Waals surface area contributed by atoms with Gasteiger partial charge >= 0.3 is 0 Å². The summed E-state index contributed by atoms with van der Waals surface area (Å²) in [5.41, 5.74) is 2.86. The number of nitrogens with zero attached hydrogens (tertiary/aromatic N) is 3. The predicted octanol–water partition coefficient (Wildman–Crippen LogP) is 1.16. The van der Waals surface area contributed by atoms with Crippen LogP contribution in [0.25, 0.3) is 0 Å². The fourth-order valence-electron chi connectivity index (χ4n) is 2.74. The van der Waals surface area contributed by atoms with Gasteiger partial charge in [-0.05, 0) is 32.8 Å². The van der Waals surface area contributed by atoms with Crippen molar-refractivity contribution in [1.29, 1.82) is 0 Å². The molecule has 0 N–H and O–H groups in total. The van der Waals surface area contributed by atoms with E-state index >= 15 is 0 Å². The molecular weight excluding hydrogens is 362 g/mol. The fraction of sp³-hybridized carbons (Fsp3) is 0.688. The minimum atomic E-state index is -3.05. The molecule has 1 fully saturated rings. The lowest BCUT2D eigenvalue weighted by atomic mass is 10.2. The number of rotatable bonds is 7. The zero-order valence-corrected chi connectivity index (χ0v) is 16.7. The standard InChI is InChI=1S/C16H25N3O4S2/c1-11-12(2)17-16(18-13(11)3)24-9-15(20)19(6-7-23-4)14-5-8-25(21,22)10-14/h14H,5-10H2,1-4H3/t14-/m0/s1. The molecule has 0 spiro atoms. The minimum Gasteiger partial charge on any atom is -0.383 e. The van der Waals surface area contributed by atoms with Crippen LogP contribution in [-0.2, 0) is 19.4 Å². The van der Waals surface area contributed by atoms with E-state index < -0.39 is 9.84 Å². The van der Waals surface area contributed by atoms with Gasteiger partial charge in [-0.1, -0.05) is 11.8 Å². The van der Waals surface area contributed by atoms with E-state index in [-0.39, 0.29) is 29.2 Å². The number of aromatic nitrogens is 2. The maximum atomic E-state index is 12.7. The summed E-state index contributed by atoms with van der Waals surface area (Å²) < 4.78 is 28.5. The number of hydrogen-bond donors (Lipinski definition) is 0. The molecule has 0 aliphatic carbocycles. The normalized spacial score (nSPS) is 19.1. The molecule has 2 rings (SSSR count). The van der Waals surface area contributed by atoms with E-state index in [1.165, 1.54) is 11.8 Å². The van der Waals surface area contributed by atoms with Gasteiger partial charge < -0.3 is 9.64 Å². The second-order valence-electron chi connectivity index (χ2n) is 6.23. The Morgan fingerprint density at radius 2 is 1.92 bits per heavy atom. The quantitative estimate of drug-likeness (QED) is 0.512. The molecule has 0 radical (unpaired) electrons. The highest BCUT2D eigenvalue weighted by Crippen LogP contribution is 2.21. The fourth-order valence-corrected chi connectivity index (χ4v) is 5.29. The molecule has 0 aromatic carbocycles. The Morgan fingerprint density at radius 1 is 1.28 bits per heavy atom. The van der Waals surface area contributed by atoms with E-state index in [0.717, 1.165) is 17.0 Å². The minimum absolute atomic E-state index is 0.0341. The van der Waals surface area contributed by atoms with Gasteiger partial charge in [0.1, 0.15) is 0 Å². The zero-order chi connectivity index (χ0) is 18.6. The topological polar surface area (TPSA) is 89.5 Å². The Kier molecular flexibility index (Phi) is 6.81.